The van der Waals surface area contributed by atoms with E-state index in [9.17, 15) is 4.79 Å². The second-order valence-corrected chi connectivity index (χ2v) is 8.05. The van der Waals surface area contributed by atoms with Crippen molar-refractivity contribution < 1.29 is 9.21 Å². The summed E-state index contributed by atoms with van der Waals surface area (Å²) in [5.74, 6) is 0.759. The minimum absolute atomic E-state index is 0.128. The van der Waals surface area contributed by atoms with Crippen LogP contribution in [-0.2, 0) is 0 Å². The lowest BCUT2D eigenvalue weighted by Gasteiger charge is -2.18. The summed E-state index contributed by atoms with van der Waals surface area (Å²) in [6, 6.07) is 12.9. The van der Waals surface area contributed by atoms with Crippen LogP contribution >= 0.6 is 11.6 Å². The summed E-state index contributed by atoms with van der Waals surface area (Å²) in [6.45, 7) is 7.83. The van der Waals surface area contributed by atoms with Gasteiger partial charge >= 0.3 is 0 Å². The topological polar surface area (TPSA) is 64.2 Å². The third kappa shape index (κ3) is 3.48. The van der Waals surface area contributed by atoms with Crippen molar-refractivity contribution in [3.05, 3.63) is 70.3 Å². The number of hydrogen-bond donors (Lipinski definition) is 0. The zero-order valence-corrected chi connectivity index (χ0v) is 18.4. The van der Waals surface area contributed by atoms with Gasteiger partial charge in [0.1, 0.15) is 5.52 Å². The van der Waals surface area contributed by atoms with Crippen molar-refractivity contribution in [1.29, 1.82) is 0 Å². The van der Waals surface area contributed by atoms with Crippen LogP contribution in [0.3, 0.4) is 0 Å². The van der Waals surface area contributed by atoms with Gasteiger partial charge in [0.15, 0.2) is 11.5 Å². The van der Waals surface area contributed by atoms with Gasteiger partial charge in [-0.15, -0.1) is 0 Å². The molecule has 6 nitrogen and oxygen atoms in total. The smallest absolute Gasteiger partial charge is 0.258 e. The minimum Gasteiger partial charge on any atom is -0.440 e. The van der Waals surface area contributed by atoms with Crippen molar-refractivity contribution in [2.75, 3.05) is 11.9 Å². The molecule has 0 spiro atoms. The van der Waals surface area contributed by atoms with Crippen LogP contribution in [0.2, 0.25) is 5.02 Å². The van der Waals surface area contributed by atoms with Gasteiger partial charge in [-0.2, -0.15) is 5.10 Å². The number of carbonyl (C=O) groups excluding carboxylic acids is 1. The zero-order chi connectivity index (χ0) is 21.6. The van der Waals surface area contributed by atoms with Gasteiger partial charge in [-0.25, -0.2) is 9.67 Å². The molecule has 0 bridgehead atoms. The first-order valence-corrected chi connectivity index (χ1v) is 10.1. The van der Waals surface area contributed by atoms with Crippen LogP contribution in [0.5, 0.6) is 0 Å². The van der Waals surface area contributed by atoms with E-state index in [4.69, 9.17) is 16.0 Å². The predicted molar refractivity (Wildman–Crippen MR) is 119 cm³/mol. The van der Waals surface area contributed by atoms with Gasteiger partial charge in [-0.3, -0.25) is 4.79 Å². The van der Waals surface area contributed by atoms with Gasteiger partial charge in [0.2, 0.25) is 0 Å². The molecule has 30 heavy (non-hydrogen) atoms. The monoisotopic (exact) mass is 422 g/mol. The maximum absolute atomic E-state index is 13.2. The van der Waals surface area contributed by atoms with Gasteiger partial charge in [0.25, 0.3) is 5.91 Å². The molecular formula is C23H23ClN4O2. The highest BCUT2D eigenvalue weighted by atomic mass is 35.5. The average Bonchev–Trinajstić information content (AvgIpc) is 3.29. The van der Waals surface area contributed by atoms with Crippen molar-refractivity contribution >= 4 is 34.3 Å². The number of fused-ring (bicyclic) bond motifs is 1. The predicted octanol–water partition coefficient (Wildman–Crippen LogP) is 5.68. The molecule has 154 valence electrons. The Balaban J connectivity index is 1.66. The number of amides is 1. The zero-order valence-electron chi connectivity index (χ0n) is 17.6. The highest BCUT2D eigenvalue weighted by Gasteiger charge is 2.18. The van der Waals surface area contributed by atoms with Gasteiger partial charge in [-0.1, -0.05) is 31.5 Å². The second kappa shape index (κ2) is 7.61. The maximum Gasteiger partial charge on any atom is 0.258 e. The molecule has 4 aromatic rings. The van der Waals surface area contributed by atoms with E-state index in [-0.39, 0.29) is 11.8 Å². The fraction of sp³-hybridized carbons (Fsp3) is 0.261. The van der Waals surface area contributed by atoms with Crippen LogP contribution in [0, 0.1) is 13.8 Å². The third-order valence-electron chi connectivity index (χ3n) is 5.11. The lowest BCUT2D eigenvalue weighted by atomic mass is 10.1. The number of rotatable bonds is 4. The Morgan fingerprint density at radius 2 is 1.93 bits per heavy atom. The molecule has 0 fully saturated rings. The summed E-state index contributed by atoms with van der Waals surface area (Å²) in [4.78, 5) is 19.3. The second-order valence-electron chi connectivity index (χ2n) is 7.67. The molecule has 2 aromatic heterocycles. The van der Waals surface area contributed by atoms with E-state index in [0.29, 0.717) is 22.1 Å². The molecule has 1 amide bonds. The highest BCUT2D eigenvalue weighted by molar-refractivity contribution is 6.31. The third-order valence-corrected chi connectivity index (χ3v) is 5.66. The van der Waals surface area contributed by atoms with Crippen molar-refractivity contribution in [2.24, 2.45) is 0 Å². The van der Waals surface area contributed by atoms with Crippen molar-refractivity contribution in [3.63, 3.8) is 0 Å². The number of aromatic nitrogens is 3. The van der Waals surface area contributed by atoms with E-state index in [1.165, 1.54) is 0 Å². The molecule has 4 rings (SSSR count). The Morgan fingerprint density at radius 1 is 1.17 bits per heavy atom. The van der Waals surface area contributed by atoms with E-state index < -0.39 is 0 Å². The first-order valence-electron chi connectivity index (χ1n) is 9.77. The number of benzene rings is 2. The van der Waals surface area contributed by atoms with Gasteiger partial charge in [0.05, 0.1) is 22.1 Å². The number of aryl methyl sites for hydroxylation is 1. The molecular weight excluding hydrogens is 400 g/mol. The fourth-order valence-electron chi connectivity index (χ4n) is 3.35. The van der Waals surface area contributed by atoms with Crippen molar-refractivity contribution in [1.82, 2.24) is 14.8 Å². The minimum atomic E-state index is -0.128. The molecule has 0 radical (unpaired) electrons. The first-order chi connectivity index (χ1) is 14.3. The molecule has 2 heterocycles. The van der Waals surface area contributed by atoms with Crippen molar-refractivity contribution in [2.45, 2.75) is 33.6 Å². The summed E-state index contributed by atoms with van der Waals surface area (Å²) in [5.41, 5.74) is 5.13. The molecule has 7 heteroatoms. The molecule has 0 aliphatic heterocycles. The van der Waals surface area contributed by atoms with Crippen molar-refractivity contribution in [3.8, 4) is 5.69 Å². The Hall–Kier alpha value is -3.12. The average molecular weight is 423 g/mol. The largest absolute Gasteiger partial charge is 0.440 e. The number of anilines is 1. The normalized spacial score (nSPS) is 11.4. The first kappa shape index (κ1) is 20.2. The Morgan fingerprint density at radius 3 is 2.60 bits per heavy atom. The summed E-state index contributed by atoms with van der Waals surface area (Å²) >= 11 is 6.28. The highest BCUT2D eigenvalue weighted by Crippen LogP contribution is 2.27. The molecule has 2 aromatic carbocycles. The molecule has 0 unspecified atom stereocenters. The standard InChI is InChI=1S/C23H23ClN4O2/c1-13(2)22-25-19-12-17(9-10-20(19)30-22)27(5)23(29)16-7-6-8-18(11-16)28-15(4)21(24)14(3)26-28/h6-13H,1-5H3. The Labute approximate surface area is 180 Å². The quantitative estimate of drug-likeness (QED) is 0.424. The number of halogens is 1. The number of nitrogens with zero attached hydrogens (tertiary/aromatic N) is 4. The van der Waals surface area contributed by atoms with E-state index in [1.807, 2.05) is 64.1 Å². The lowest BCUT2D eigenvalue weighted by Crippen LogP contribution is -2.26. The Bertz CT molecular complexity index is 1260. The van der Waals surface area contributed by atoms with E-state index >= 15 is 0 Å². The summed E-state index contributed by atoms with van der Waals surface area (Å²) in [5, 5.41) is 5.11. The van der Waals surface area contributed by atoms with Crippen LogP contribution in [0.1, 0.15) is 47.4 Å². The van der Waals surface area contributed by atoms with Crippen LogP contribution in [0.4, 0.5) is 5.69 Å². The molecule has 0 atom stereocenters. The van der Waals surface area contributed by atoms with Crippen LogP contribution in [0.25, 0.3) is 16.8 Å². The van der Waals surface area contributed by atoms with Gasteiger partial charge in [-0.05, 0) is 50.2 Å². The number of carbonyl (C=O) groups is 1. The summed E-state index contributed by atoms with van der Waals surface area (Å²) in [6.07, 6.45) is 0. The summed E-state index contributed by atoms with van der Waals surface area (Å²) < 4.78 is 7.52. The van der Waals surface area contributed by atoms with Crippen LogP contribution in [0.15, 0.2) is 46.9 Å². The molecule has 0 N–H and O–H groups in total. The fourth-order valence-corrected chi connectivity index (χ4v) is 3.46. The summed E-state index contributed by atoms with van der Waals surface area (Å²) in [7, 11) is 1.75. The molecule has 0 aliphatic carbocycles. The molecule has 0 aliphatic rings. The lowest BCUT2D eigenvalue weighted by molar-refractivity contribution is 0.0993. The van der Waals surface area contributed by atoms with Crippen LogP contribution < -0.4 is 4.90 Å². The van der Waals surface area contributed by atoms with Crippen LogP contribution in [-0.4, -0.2) is 27.7 Å². The Kier molecular flexibility index (Phi) is 5.12. The maximum atomic E-state index is 13.2. The number of oxazole rings is 1. The van der Waals surface area contributed by atoms with E-state index in [1.54, 1.807) is 22.7 Å². The molecule has 0 saturated carbocycles. The van der Waals surface area contributed by atoms with Gasteiger partial charge in [0, 0.05) is 24.2 Å². The van der Waals surface area contributed by atoms with Gasteiger partial charge < -0.3 is 9.32 Å². The van der Waals surface area contributed by atoms with E-state index in [2.05, 4.69) is 10.1 Å². The molecule has 0 saturated heterocycles. The van der Waals surface area contributed by atoms with E-state index in [0.717, 1.165) is 28.3 Å². The SMILES string of the molecule is Cc1nn(-c2cccc(C(=O)N(C)c3ccc4oc(C(C)C)nc4c3)c2)c(C)c1Cl. The number of hydrogen-bond acceptors (Lipinski definition) is 4.